The number of fused-ring (bicyclic) bond motifs is 6. The smallest absolute Gasteiger partial charge is 0.182 e. The van der Waals surface area contributed by atoms with Crippen molar-refractivity contribution in [3.05, 3.63) is 192 Å². The standard InChI is InChI=1S/C45H28N4O/c1-4-15-29(16-5-1)42-47-43(49-44(48-42)38-24-12-13-26-46-38)33-22-14-23-36-41(33)35-28-40-34(32-21-10-11-25-39(32)50-40)27-37(35)45(36,30-17-6-2-7-18-30)31-19-8-3-9-20-31/h1-28H. The van der Waals surface area contributed by atoms with Crippen molar-refractivity contribution in [2.24, 2.45) is 0 Å². The van der Waals surface area contributed by atoms with Crippen molar-refractivity contribution in [1.29, 1.82) is 0 Å². The first-order valence-corrected chi connectivity index (χ1v) is 16.7. The molecule has 0 amide bonds. The number of furan rings is 1. The van der Waals surface area contributed by atoms with Gasteiger partial charge in [-0.2, -0.15) is 0 Å². The molecule has 0 saturated carbocycles. The fourth-order valence-corrected chi connectivity index (χ4v) is 7.76. The molecule has 0 radical (unpaired) electrons. The Morgan fingerprint density at radius 3 is 1.84 bits per heavy atom. The lowest BCUT2D eigenvalue weighted by molar-refractivity contribution is 0.668. The van der Waals surface area contributed by atoms with Gasteiger partial charge in [-0.05, 0) is 63.7 Å². The van der Waals surface area contributed by atoms with E-state index in [1.165, 1.54) is 22.3 Å². The number of pyridine rings is 1. The molecule has 234 valence electrons. The molecule has 5 heteroatoms. The maximum atomic E-state index is 6.52. The molecule has 3 heterocycles. The third-order valence-electron chi connectivity index (χ3n) is 9.87. The highest BCUT2D eigenvalue weighted by molar-refractivity contribution is 6.09. The molecule has 0 aliphatic heterocycles. The maximum absolute atomic E-state index is 6.52. The van der Waals surface area contributed by atoms with Gasteiger partial charge in [0.15, 0.2) is 17.5 Å². The van der Waals surface area contributed by atoms with Gasteiger partial charge in [0.25, 0.3) is 0 Å². The van der Waals surface area contributed by atoms with Crippen molar-refractivity contribution in [3.8, 4) is 45.4 Å². The second-order valence-corrected chi connectivity index (χ2v) is 12.6. The van der Waals surface area contributed by atoms with E-state index >= 15 is 0 Å². The summed E-state index contributed by atoms with van der Waals surface area (Å²) in [7, 11) is 0. The van der Waals surface area contributed by atoms with Crippen LogP contribution in [0.3, 0.4) is 0 Å². The Labute approximate surface area is 288 Å². The highest BCUT2D eigenvalue weighted by Gasteiger charge is 2.47. The normalized spacial score (nSPS) is 13.0. The molecule has 3 aromatic heterocycles. The summed E-state index contributed by atoms with van der Waals surface area (Å²) in [4.78, 5) is 19.8. The van der Waals surface area contributed by atoms with Crippen LogP contribution in [0.5, 0.6) is 0 Å². The molecular weight excluding hydrogens is 613 g/mol. The Morgan fingerprint density at radius 1 is 0.440 bits per heavy atom. The lowest BCUT2D eigenvalue weighted by Gasteiger charge is -2.34. The zero-order valence-electron chi connectivity index (χ0n) is 26.9. The largest absolute Gasteiger partial charge is 0.456 e. The minimum Gasteiger partial charge on any atom is -0.456 e. The van der Waals surface area contributed by atoms with Gasteiger partial charge in [-0.25, -0.2) is 15.0 Å². The fourth-order valence-electron chi connectivity index (χ4n) is 7.76. The van der Waals surface area contributed by atoms with E-state index in [0.717, 1.165) is 44.2 Å². The number of benzene rings is 6. The van der Waals surface area contributed by atoms with Crippen LogP contribution in [-0.4, -0.2) is 19.9 Å². The number of para-hydroxylation sites is 1. The maximum Gasteiger partial charge on any atom is 0.182 e. The van der Waals surface area contributed by atoms with Crippen LogP contribution in [0.1, 0.15) is 22.3 Å². The summed E-state index contributed by atoms with van der Waals surface area (Å²) in [5.41, 5.74) is 10.5. The van der Waals surface area contributed by atoms with E-state index in [1.54, 1.807) is 6.20 Å². The summed E-state index contributed by atoms with van der Waals surface area (Å²) in [6, 6.07) is 56.9. The van der Waals surface area contributed by atoms with Crippen LogP contribution in [0.15, 0.2) is 174 Å². The molecule has 0 fully saturated rings. The molecule has 0 unspecified atom stereocenters. The minimum absolute atomic E-state index is 0.524. The minimum atomic E-state index is -0.616. The summed E-state index contributed by atoms with van der Waals surface area (Å²) in [5.74, 6) is 1.71. The monoisotopic (exact) mass is 640 g/mol. The van der Waals surface area contributed by atoms with Gasteiger partial charge in [-0.15, -0.1) is 0 Å². The number of rotatable bonds is 5. The van der Waals surface area contributed by atoms with Crippen LogP contribution in [0.25, 0.3) is 67.4 Å². The van der Waals surface area contributed by atoms with Crippen LogP contribution < -0.4 is 0 Å². The van der Waals surface area contributed by atoms with Crippen LogP contribution >= 0.6 is 0 Å². The predicted octanol–water partition coefficient (Wildman–Crippen LogP) is 10.5. The first kappa shape index (κ1) is 28.3. The molecule has 50 heavy (non-hydrogen) atoms. The van der Waals surface area contributed by atoms with E-state index in [1.807, 2.05) is 60.7 Å². The number of nitrogens with zero attached hydrogens (tertiary/aromatic N) is 4. The van der Waals surface area contributed by atoms with E-state index in [4.69, 9.17) is 19.4 Å². The van der Waals surface area contributed by atoms with E-state index in [0.29, 0.717) is 23.2 Å². The third-order valence-corrected chi connectivity index (χ3v) is 9.87. The van der Waals surface area contributed by atoms with Crippen molar-refractivity contribution in [3.63, 3.8) is 0 Å². The summed E-state index contributed by atoms with van der Waals surface area (Å²) in [6.45, 7) is 0. The van der Waals surface area contributed by atoms with E-state index in [2.05, 4.69) is 108 Å². The predicted molar refractivity (Wildman–Crippen MR) is 199 cm³/mol. The van der Waals surface area contributed by atoms with E-state index < -0.39 is 5.41 Å². The second kappa shape index (κ2) is 11.2. The van der Waals surface area contributed by atoms with Gasteiger partial charge >= 0.3 is 0 Å². The van der Waals surface area contributed by atoms with Gasteiger partial charge in [-0.3, -0.25) is 4.98 Å². The van der Waals surface area contributed by atoms with Gasteiger partial charge in [0.2, 0.25) is 0 Å². The highest BCUT2D eigenvalue weighted by atomic mass is 16.3. The fraction of sp³-hybridized carbons (Fsp3) is 0.0222. The molecule has 6 aromatic carbocycles. The molecule has 0 atom stereocenters. The lowest BCUT2D eigenvalue weighted by Crippen LogP contribution is -2.28. The molecule has 0 saturated heterocycles. The molecular formula is C45H28N4O. The van der Waals surface area contributed by atoms with Crippen molar-refractivity contribution in [2.75, 3.05) is 0 Å². The van der Waals surface area contributed by atoms with Crippen molar-refractivity contribution in [1.82, 2.24) is 19.9 Å². The van der Waals surface area contributed by atoms with Crippen molar-refractivity contribution in [2.45, 2.75) is 5.41 Å². The highest BCUT2D eigenvalue weighted by Crippen LogP contribution is 2.59. The molecule has 5 nitrogen and oxygen atoms in total. The molecule has 0 bridgehead atoms. The quantitative estimate of drug-likeness (QED) is 0.187. The SMILES string of the molecule is c1ccc(-c2nc(-c3ccccn3)nc(-c3cccc4c3-c3cc5oc6ccccc6c5cc3C4(c3ccccc3)c3ccccc3)n2)cc1. The van der Waals surface area contributed by atoms with Gasteiger partial charge in [0, 0.05) is 28.1 Å². The zero-order valence-corrected chi connectivity index (χ0v) is 26.9. The average molecular weight is 641 g/mol. The third kappa shape index (κ3) is 4.20. The summed E-state index contributed by atoms with van der Waals surface area (Å²) in [5, 5.41) is 2.19. The zero-order chi connectivity index (χ0) is 33.1. The summed E-state index contributed by atoms with van der Waals surface area (Å²) < 4.78 is 6.52. The molecule has 1 aliphatic carbocycles. The molecule has 9 aromatic rings. The Kier molecular flexibility index (Phi) is 6.33. The lowest BCUT2D eigenvalue weighted by atomic mass is 9.67. The molecule has 0 N–H and O–H groups in total. The van der Waals surface area contributed by atoms with Crippen molar-refractivity contribution < 1.29 is 4.42 Å². The second-order valence-electron chi connectivity index (χ2n) is 12.6. The number of aromatic nitrogens is 4. The van der Waals surface area contributed by atoms with Gasteiger partial charge in [-0.1, -0.05) is 133 Å². The topological polar surface area (TPSA) is 64.7 Å². The van der Waals surface area contributed by atoms with Crippen LogP contribution in [0.4, 0.5) is 0 Å². The van der Waals surface area contributed by atoms with Crippen LogP contribution in [-0.2, 0) is 5.41 Å². The molecule has 1 aliphatic rings. The Balaban J connectivity index is 1.34. The van der Waals surface area contributed by atoms with E-state index in [-0.39, 0.29) is 0 Å². The first-order chi connectivity index (χ1) is 24.8. The molecule has 10 rings (SSSR count). The summed E-state index contributed by atoms with van der Waals surface area (Å²) in [6.07, 6.45) is 1.77. The van der Waals surface area contributed by atoms with Gasteiger partial charge in [0.05, 0.1) is 5.41 Å². The number of hydrogen-bond donors (Lipinski definition) is 0. The average Bonchev–Trinajstić information content (AvgIpc) is 3.71. The van der Waals surface area contributed by atoms with Crippen LogP contribution in [0.2, 0.25) is 0 Å². The van der Waals surface area contributed by atoms with Crippen molar-refractivity contribution >= 4 is 21.9 Å². The molecule has 0 spiro atoms. The van der Waals surface area contributed by atoms with Gasteiger partial charge < -0.3 is 4.42 Å². The Hall–Kier alpha value is -6.72. The first-order valence-electron chi connectivity index (χ1n) is 16.7. The number of hydrogen-bond acceptors (Lipinski definition) is 5. The summed E-state index contributed by atoms with van der Waals surface area (Å²) >= 11 is 0. The Bertz CT molecular complexity index is 2590. The van der Waals surface area contributed by atoms with Gasteiger partial charge in [0.1, 0.15) is 16.9 Å². The van der Waals surface area contributed by atoms with Crippen LogP contribution in [0, 0.1) is 0 Å². The van der Waals surface area contributed by atoms with E-state index in [9.17, 15) is 0 Å². The Morgan fingerprint density at radius 2 is 1.10 bits per heavy atom.